The summed E-state index contributed by atoms with van der Waals surface area (Å²) in [6, 6.07) is -0.0863. The summed E-state index contributed by atoms with van der Waals surface area (Å²) in [7, 11) is 0. The number of cyclic esters (lactones) is 1. The highest BCUT2D eigenvalue weighted by atomic mass is 16.6. The summed E-state index contributed by atoms with van der Waals surface area (Å²) in [4.78, 5) is 20.8. The van der Waals surface area contributed by atoms with Crippen molar-refractivity contribution in [3.63, 3.8) is 0 Å². The van der Waals surface area contributed by atoms with E-state index in [-0.39, 0.29) is 18.6 Å². The molecular weight excluding hydrogens is 162 g/mol. The van der Waals surface area contributed by atoms with Crippen LogP contribution in [0.25, 0.3) is 0 Å². The van der Waals surface area contributed by atoms with Crippen LogP contribution in [0.15, 0.2) is 0 Å². The number of ether oxygens (including phenoxy) is 1. The third kappa shape index (κ3) is 2.11. The fraction of sp³-hybridized carbons (Fsp3) is 0.714. The highest BCUT2D eigenvalue weighted by molar-refractivity contribution is 5.70. The summed E-state index contributed by atoms with van der Waals surface area (Å²) in [5.74, 6) is -0.870. The first-order chi connectivity index (χ1) is 5.59. The summed E-state index contributed by atoms with van der Waals surface area (Å²) in [6.07, 6.45) is -0.356. The van der Waals surface area contributed by atoms with Crippen LogP contribution >= 0.6 is 0 Å². The Morgan fingerprint density at radius 2 is 2.42 bits per heavy atom. The van der Waals surface area contributed by atoms with Gasteiger partial charge in [-0.15, -0.1) is 0 Å². The van der Waals surface area contributed by atoms with Gasteiger partial charge in [0.2, 0.25) is 0 Å². The van der Waals surface area contributed by atoms with E-state index < -0.39 is 12.1 Å². The van der Waals surface area contributed by atoms with Crippen LogP contribution < -0.4 is 5.32 Å². The molecule has 5 heteroatoms. The van der Waals surface area contributed by atoms with Crippen molar-refractivity contribution >= 4 is 12.1 Å². The maximum atomic E-state index is 10.6. The Hall–Kier alpha value is -1.26. The fourth-order valence-electron chi connectivity index (χ4n) is 1.13. The second-order valence-corrected chi connectivity index (χ2v) is 2.81. The number of hydrogen-bond acceptors (Lipinski definition) is 3. The minimum atomic E-state index is -0.870. The smallest absolute Gasteiger partial charge is 0.407 e. The Balaban J connectivity index is 2.33. The lowest BCUT2D eigenvalue weighted by atomic mass is 10.1. The summed E-state index contributed by atoms with van der Waals surface area (Å²) >= 11 is 0. The summed E-state index contributed by atoms with van der Waals surface area (Å²) in [5, 5.41) is 10.9. The molecule has 0 aromatic rings. The number of hydrogen-bond donors (Lipinski definition) is 2. The molecule has 5 nitrogen and oxygen atoms in total. The van der Waals surface area contributed by atoms with Crippen LogP contribution in [0.5, 0.6) is 0 Å². The third-order valence-electron chi connectivity index (χ3n) is 1.80. The molecule has 1 saturated heterocycles. The zero-order valence-electron chi connectivity index (χ0n) is 6.74. The van der Waals surface area contributed by atoms with Gasteiger partial charge in [0.15, 0.2) is 0 Å². The van der Waals surface area contributed by atoms with Gasteiger partial charge < -0.3 is 15.2 Å². The number of alkyl carbamates (subject to hydrolysis) is 1. The van der Waals surface area contributed by atoms with Crippen LogP contribution in [-0.2, 0) is 9.53 Å². The zero-order chi connectivity index (χ0) is 9.14. The first-order valence-electron chi connectivity index (χ1n) is 3.78. The average Bonchev–Trinajstić information content (AvgIpc) is 2.26. The van der Waals surface area contributed by atoms with Gasteiger partial charge in [0, 0.05) is 6.42 Å². The normalized spacial score (nSPS) is 27.9. The largest absolute Gasteiger partial charge is 0.481 e. The molecule has 2 N–H and O–H groups in total. The van der Waals surface area contributed by atoms with E-state index in [0.29, 0.717) is 6.42 Å². The van der Waals surface area contributed by atoms with Gasteiger partial charge in [0.25, 0.3) is 0 Å². The van der Waals surface area contributed by atoms with E-state index in [4.69, 9.17) is 9.84 Å². The van der Waals surface area contributed by atoms with Crippen molar-refractivity contribution in [1.82, 2.24) is 5.32 Å². The highest BCUT2D eigenvalue weighted by Gasteiger charge is 2.30. The molecule has 2 atom stereocenters. The van der Waals surface area contributed by atoms with E-state index in [1.54, 1.807) is 6.92 Å². The molecule has 0 spiro atoms. The van der Waals surface area contributed by atoms with Crippen molar-refractivity contribution in [2.24, 2.45) is 0 Å². The second-order valence-electron chi connectivity index (χ2n) is 2.81. The number of rotatable bonds is 3. The molecule has 12 heavy (non-hydrogen) atoms. The number of amides is 1. The van der Waals surface area contributed by atoms with Crippen molar-refractivity contribution < 1.29 is 19.4 Å². The van der Waals surface area contributed by atoms with Gasteiger partial charge in [0.1, 0.15) is 6.10 Å². The van der Waals surface area contributed by atoms with Crippen molar-refractivity contribution in [3.05, 3.63) is 0 Å². The molecule has 1 amide bonds. The predicted octanol–water partition coefficient (Wildman–Crippen LogP) is 0.348. The van der Waals surface area contributed by atoms with Gasteiger partial charge in [0.05, 0.1) is 6.04 Å². The van der Waals surface area contributed by atoms with E-state index in [2.05, 4.69) is 5.32 Å². The van der Waals surface area contributed by atoms with E-state index >= 15 is 0 Å². The summed E-state index contributed by atoms with van der Waals surface area (Å²) in [5.41, 5.74) is 0. The van der Waals surface area contributed by atoms with Crippen molar-refractivity contribution in [3.8, 4) is 0 Å². The van der Waals surface area contributed by atoms with Gasteiger partial charge in [-0.3, -0.25) is 4.79 Å². The van der Waals surface area contributed by atoms with Crippen LogP contribution in [0.4, 0.5) is 4.79 Å². The number of nitrogens with one attached hydrogen (secondary N) is 1. The van der Waals surface area contributed by atoms with Crippen LogP contribution in [0.1, 0.15) is 19.8 Å². The van der Waals surface area contributed by atoms with Crippen LogP contribution in [-0.4, -0.2) is 29.3 Å². The first kappa shape index (κ1) is 8.83. The minimum absolute atomic E-state index is 0.0317. The molecule has 0 saturated carbocycles. The summed E-state index contributed by atoms with van der Waals surface area (Å²) in [6.45, 7) is 1.79. The Bertz CT molecular complexity index is 204. The number of aliphatic carboxylic acids is 1. The number of carboxylic acid groups (broad SMARTS) is 1. The Morgan fingerprint density at radius 3 is 2.83 bits per heavy atom. The Labute approximate surface area is 69.7 Å². The van der Waals surface area contributed by atoms with E-state index in [9.17, 15) is 9.59 Å². The first-order valence-corrected chi connectivity index (χ1v) is 3.78. The Kier molecular flexibility index (Phi) is 2.52. The summed E-state index contributed by atoms with van der Waals surface area (Å²) < 4.78 is 4.81. The topological polar surface area (TPSA) is 75.6 Å². The van der Waals surface area contributed by atoms with Crippen molar-refractivity contribution in [2.45, 2.75) is 31.9 Å². The van der Waals surface area contributed by atoms with Crippen molar-refractivity contribution in [1.29, 1.82) is 0 Å². The number of carbonyl (C=O) groups is 2. The molecule has 1 aliphatic heterocycles. The molecular formula is C7H11NO4. The molecule has 68 valence electrons. The number of carboxylic acids is 1. The van der Waals surface area contributed by atoms with Gasteiger partial charge in [-0.05, 0) is 13.3 Å². The fourth-order valence-corrected chi connectivity index (χ4v) is 1.13. The highest BCUT2D eigenvalue weighted by Crippen LogP contribution is 2.13. The molecule has 1 aliphatic rings. The molecule has 2 unspecified atom stereocenters. The van der Waals surface area contributed by atoms with E-state index in [0.717, 1.165) is 0 Å². The molecule has 1 fully saturated rings. The quantitative estimate of drug-likeness (QED) is 0.645. The van der Waals surface area contributed by atoms with E-state index in [1.165, 1.54) is 0 Å². The third-order valence-corrected chi connectivity index (χ3v) is 1.80. The van der Waals surface area contributed by atoms with Gasteiger partial charge in [-0.2, -0.15) is 0 Å². The van der Waals surface area contributed by atoms with Crippen molar-refractivity contribution in [2.75, 3.05) is 0 Å². The SMILES string of the molecule is CC1NC(=O)OC1CCC(=O)O. The lowest BCUT2D eigenvalue weighted by Crippen LogP contribution is -2.28. The minimum Gasteiger partial charge on any atom is -0.481 e. The molecule has 0 aliphatic carbocycles. The Morgan fingerprint density at radius 1 is 1.75 bits per heavy atom. The molecule has 0 aromatic carbocycles. The lowest BCUT2D eigenvalue weighted by molar-refractivity contribution is -0.137. The molecule has 0 radical (unpaired) electrons. The number of carbonyl (C=O) groups excluding carboxylic acids is 1. The zero-order valence-corrected chi connectivity index (χ0v) is 6.74. The van der Waals surface area contributed by atoms with E-state index in [1.807, 2.05) is 0 Å². The molecule has 0 aromatic heterocycles. The van der Waals surface area contributed by atoms with Crippen LogP contribution in [0.3, 0.4) is 0 Å². The van der Waals surface area contributed by atoms with Gasteiger partial charge in [-0.25, -0.2) is 4.79 Å². The maximum absolute atomic E-state index is 10.6. The van der Waals surface area contributed by atoms with Crippen LogP contribution in [0, 0.1) is 0 Å². The van der Waals surface area contributed by atoms with Gasteiger partial charge >= 0.3 is 12.1 Å². The lowest BCUT2D eigenvalue weighted by Gasteiger charge is -2.10. The molecule has 1 rings (SSSR count). The van der Waals surface area contributed by atoms with Crippen LogP contribution in [0.2, 0.25) is 0 Å². The predicted molar refractivity (Wildman–Crippen MR) is 39.7 cm³/mol. The monoisotopic (exact) mass is 173 g/mol. The average molecular weight is 173 g/mol. The van der Waals surface area contributed by atoms with Gasteiger partial charge in [-0.1, -0.05) is 0 Å². The standard InChI is InChI=1S/C7H11NO4/c1-4-5(2-3-6(9)10)12-7(11)8-4/h4-5H,2-3H2,1H3,(H,8,11)(H,9,10). The molecule has 1 heterocycles. The maximum Gasteiger partial charge on any atom is 0.407 e. The second kappa shape index (κ2) is 3.42. The molecule has 0 bridgehead atoms.